The van der Waals surface area contributed by atoms with Crippen LogP contribution in [0.5, 0.6) is 0 Å². The number of carbonyl (C=O) groups excluding carboxylic acids is 1. The van der Waals surface area contributed by atoms with Crippen LogP contribution in [-0.2, 0) is 11.3 Å². The van der Waals surface area contributed by atoms with Crippen LogP contribution in [0.25, 0.3) is 0 Å². The van der Waals surface area contributed by atoms with Crippen LogP contribution in [0.4, 0.5) is 0 Å². The Morgan fingerprint density at radius 2 is 1.70 bits per heavy atom. The topological polar surface area (TPSA) is 46.3 Å². The molecule has 2 N–H and O–H groups in total. The molecule has 2 unspecified atom stereocenters. The molecule has 0 saturated carbocycles. The number of hydrogen-bond acceptors (Lipinski definition) is 2. The van der Waals surface area contributed by atoms with Gasteiger partial charge < -0.3 is 10.6 Å². The molecule has 2 rings (SSSR count). The summed E-state index contributed by atoms with van der Waals surface area (Å²) in [6.45, 7) is 2.47. The van der Waals surface area contributed by atoms with E-state index < -0.39 is 0 Å². The maximum absolute atomic E-state index is 12.6. The van der Waals surface area contributed by atoms with E-state index in [-0.39, 0.29) is 30.3 Å². The molecule has 0 spiro atoms. The second-order valence-corrected chi connectivity index (χ2v) is 6.46. The van der Waals surface area contributed by atoms with E-state index in [2.05, 4.69) is 15.9 Å². The van der Waals surface area contributed by atoms with Crippen molar-refractivity contribution >= 4 is 34.2 Å². The molecule has 0 heterocycles. The Morgan fingerprint density at radius 3 is 2.26 bits per heavy atom. The van der Waals surface area contributed by atoms with Gasteiger partial charge in [-0.3, -0.25) is 4.79 Å². The van der Waals surface area contributed by atoms with Crippen molar-refractivity contribution < 1.29 is 4.79 Å². The molecule has 3 nitrogen and oxygen atoms in total. The molecule has 0 aliphatic carbocycles. The molecule has 0 saturated heterocycles. The van der Waals surface area contributed by atoms with Gasteiger partial charge in [-0.15, -0.1) is 12.4 Å². The van der Waals surface area contributed by atoms with E-state index in [1.54, 1.807) is 4.90 Å². The number of hydrogen-bond donors (Lipinski definition) is 1. The lowest BCUT2D eigenvalue weighted by Crippen LogP contribution is -2.36. The third kappa shape index (κ3) is 5.34. The van der Waals surface area contributed by atoms with Crippen molar-refractivity contribution in [2.75, 3.05) is 7.05 Å². The van der Waals surface area contributed by atoms with Gasteiger partial charge in [0.15, 0.2) is 0 Å². The van der Waals surface area contributed by atoms with E-state index in [9.17, 15) is 4.79 Å². The number of amides is 1. The summed E-state index contributed by atoms with van der Waals surface area (Å²) < 4.78 is 1.03. The Morgan fingerprint density at radius 1 is 1.13 bits per heavy atom. The number of nitrogens with two attached hydrogens (primary N) is 1. The molecule has 0 aliphatic heterocycles. The Hall–Kier alpha value is -1.36. The zero-order valence-corrected chi connectivity index (χ0v) is 15.7. The van der Waals surface area contributed by atoms with Gasteiger partial charge >= 0.3 is 0 Å². The molecule has 0 fully saturated rings. The molecule has 0 radical (unpaired) electrons. The summed E-state index contributed by atoms with van der Waals surface area (Å²) in [5, 5.41) is 0. The van der Waals surface area contributed by atoms with Crippen LogP contribution in [0.3, 0.4) is 0 Å². The summed E-state index contributed by atoms with van der Waals surface area (Å²) in [6.07, 6.45) is 0. The SMILES string of the molecule is CC(C(=O)N(C)Cc1ccc(Br)cc1)C(N)c1ccccc1.Cl. The van der Waals surface area contributed by atoms with Gasteiger partial charge in [-0.2, -0.15) is 0 Å². The highest BCUT2D eigenvalue weighted by Crippen LogP contribution is 2.21. The van der Waals surface area contributed by atoms with Crippen molar-refractivity contribution in [3.8, 4) is 0 Å². The molecular formula is C18H22BrClN2O. The molecule has 0 aromatic heterocycles. The number of benzene rings is 2. The second kappa shape index (κ2) is 9.06. The second-order valence-electron chi connectivity index (χ2n) is 5.55. The molecule has 2 aromatic carbocycles. The third-order valence-electron chi connectivity index (χ3n) is 3.82. The zero-order valence-electron chi connectivity index (χ0n) is 13.3. The van der Waals surface area contributed by atoms with E-state index >= 15 is 0 Å². The van der Waals surface area contributed by atoms with Gasteiger partial charge in [0.25, 0.3) is 0 Å². The summed E-state index contributed by atoms with van der Waals surface area (Å²) in [5.74, 6) is -0.206. The minimum absolute atomic E-state index is 0. The Balaban J connectivity index is 0.00000264. The quantitative estimate of drug-likeness (QED) is 0.823. The van der Waals surface area contributed by atoms with E-state index in [0.717, 1.165) is 15.6 Å². The third-order valence-corrected chi connectivity index (χ3v) is 4.35. The number of halogens is 2. The first-order valence-corrected chi connectivity index (χ1v) is 8.08. The average Bonchev–Trinajstić information content (AvgIpc) is 2.55. The van der Waals surface area contributed by atoms with Gasteiger partial charge in [0.2, 0.25) is 5.91 Å². The molecular weight excluding hydrogens is 376 g/mol. The van der Waals surface area contributed by atoms with Gasteiger partial charge in [0, 0.05) is 24.1 Å². The predicted molar refractivity (Wildman–Crippen MR) is 100 cm³/mol. The first-order chi connectivity index (χ1) is 10.5. The monoisotopic (exact) mass is 396 g/mol. The highest BCUT2D eigenvalue weighted by molar-refractivity contribution is 9.10. The first-order valence-electron chi connectivity index (χ1n) is 7.29. The number of rotatable bonds is 5. The highest BCUT2D eigenvalue weighted by Gasteiger charge is 2.24. The van der Waals surface area contributed by atoms with Crippen molar-refractivity contribution in [2.45, 2.75) is 19.5 Å². The summed E-state index contributed by atoms with van der Waals surface area (Å²) in [7, 11) is 1.82. The van der Waals surface area contributed by atoms with E-state index in [1.165, 1.54) is 0 Å². The fraction of sp³-hybridized carbons (Fsp3) is 0.278. The van der Waals surface area contributed by atoms with Crippen molar-refractivity contribution in [1.82, 2.24) is 4.90 Å². The van der Waals surface area contributed by atoms with Gasteiger partial charge in [0.1, 0.15) is 0 Å². The largest absolute Gasteiger partial charge is 0.341 e. The fourth-order valence-corrected chi connectivity index (χ4v) is 2.67. The number of nitrogens with zero attached hydrogens (tertiary/aromatic N) is 1. The summed E-state index contributed by atoms with van der Waals surface area (Å²) in [6, 6.07) is 17.4. The molecule has 23 heavy (non-hydrogen) atoms. The molecule has 0 bridgehead atoms. The van der Waals surface area contributed by atoms with Crippen LogP contribution in [0.2, 0.25) is 0 Å². The normalized spacial score (nSPS) is 12.9. The molecule has 124 valence electrons. The summed E-state index contributed by atoms with van der Waals surface area (Å²) >= 11 is 3.41. The van der Waals surface area contributed by atoms with Crippen LogP contribution in [0, 0.1) is 5.92 Å². The molecule has 2 aromatic rings. The van der Waals surface area contributed by atoms with Gasteiger partial charge in [0.05, 0.1) is 5.92 Å². The van der Waals surface area contributed by atoms with Gasteiger partial charge in [-0.25, -0.2) is 0 Å². The van der Waals surface area contributed by atoms with Crippen molar-refractivity contribution in [1.29, 1.82) is 0 Å². The Labute approximate surface area is 152 Å². The van der Waals surface area contributed by atoms with Gasteiger partial charge in [-0.1, -0.05) is 65.3 Å². The molecule has 0 aliphatic rings. The maximum atomic E-state index is 12.6. The first kappa shape index (κ1) is 19.7. The minimum atomic E-state index is -0.291. The maximum Gasteiger partial charge on any atom is 0.227 e. The van der Waals surface area contributed by atoms with Crippen molar-refractivity contribution in [2.24, 2.45) is 11.7 Å². The predicted octanol–water partition coefficient (Wildman–Crippen LogP) is 4.17. The van der Waals surface area contributed by atoms with Crippen LogP contribution < -0.4 is 5.73 Å². The van der Waals surface area contributed by atoms with E-state index in [4.69, 9.17) is 5.73 Å². The molecule has 2 atom stereocenters. The lowest BCUT2D eigenvalue weighted by molar-refractivity contribution is -0.134. The highest BCUT2D eigenvalue weighted by atomic mass is 79.9. The summed E-state index contributed by atoms with van der Waals surface area (Å²) in [4.78, 5) is 14.3. The fourth-order valence-electron chi connectivity index (χ4n) is 2.41. The standard InChI is InChI=1S/C18H21BrN2O.ClH/c1-13(17(20)15-6-4-3-5-7-15)18(22)21(2)12-14-8-10-16(19)11-9-14;/h3-11,13,17H,12,20H2,1-2H3;1H. The lowest BCUT2D eigenvalue weighted by atomic mass is 9.94. The van der Waals surface area contributed by atoms with E-state index in [1.807, 2.05) is 68.6 Å². The Kier molecular flexibility index (Phi) is 7.76. The van der Waals surface area contributed by atoms with Crippen LogP contribution in [-0.4, -0.2) is 17.9 Å². The number of carbonyl (C=O) groups is 1. The van der Waals surface area contributed by atoms with Crippen LogP contribution in [0.15, 0.2) is 59.1 Å². The van der Waals surface area contributed by atoms with Gasteiger partial charge in [-0.05, 0) is 23.3 Å². The molecule has 1 amide bonds. The van der Waals surface area contributed by atoms with Crippen molar-refractivity contribution in [3.63, 3.8) is 0 Å². The van der Waals surface area contributed by atoms with Crippen LogP contribution in [0.1, 0.15) is 24.1 Å². The lowest BCUT2D eigenvalue weighted by Gasteiger charge is -2.25. The van der Waals surface area contributed by atoms with Crippen LogP contribution >= 0.6 is 28.3 Å². The zero-order chi connectivity index (χ0) is 16.1. The molecule has 5 heteroatoms. The minimum Gasteiger partial charge on any atom is -0.341 e. The van der Waals surface area contributed by atoms with E-state index in [0.29, 0.717) is 6.54 Å². The smallest absolute Gasteiger partial charge is 0.227 e. The average molecular weight is 398 g/mol. The Bertz CT molecular complexity index is 619. The summed E-state index contributed by atoms with van der Waals surface area (Å²) in [5.41, 5.74) is 8.32. The van der Waals surface area contributed by atoms with Crippen molar-refractivity contribution in [3.05, 3.63) is 70.2 Å².